The van der Waals surface area contributed by atoms with Crippen LogP contribution >= 0.6 is 0 Å². The van der Waals surface area contributed by atoms with Crippen LogP contribution in [-0.2, 0) is 17.9 Å². The van der Waals surface area contributed by atoms with E-state index in [-0.39, 0.29) is 24.8 Å². The van der Waals surface area contributed by atoms with E-state index in [0.717, 1.165) is 27.8 Å². The number of aromatic nitrogens is 3. The highest BCUT2D eigenvalue weighted by Gasteiger charge is 2.20. The van der Waals surface area contributed by atoms with Gasteiger partial charge in [-0.25, -0.2) is 4.98 Å². The number of hydrogen-bond acceptors (Lipinski definition) is 6. The normalized spacial score (nSPS) is 12.3. The Morgan fingerprint density at radius 3 is 2.68 bits per heavy atom. The van der Waals surface area contributed by atoms with E-state index in [1.165, 1.54) is 0 Å². The molecule has 1 aliphatic heterocycles. The molecule has 6 rings (SSSR count). The van der Waals surface area contributed by atoms with Gasteiger partial charge in [0.25, 0.3) is 5.56 Å². The van der Waals surface area contributed by atoms with Gasteiger partial charge in [0.05, 0.1) is 25.5 Å². The number of fused-ring (bicyclic) bond motifs is 4. The van der Waals surface area contributed by atoms with Crippen LogP contribution in [0.4, 0.5) is 5.69 Å². The van der Waals surface area contributed by atoms with E-state index >= 15 is 0 Å². The fourth-order valence-corrected chi connectivity index (χ4v) is 4.64. The summed E-state index contributed by atoms with van der Waals surface area (Å²) in [6.07, 6.45) is 1.56. The number of benzene rings is 3. The molecule has 5 aromatic rings. The summed E-state index contributed by atoms with van der Waals surface area (Å²) in [7, 11) is 1.61. The third kappa shape index (κ3) is 4.14. The molecule has 9 nitrogen and oxygen atoms in total. The van der Waals surface area contributed by atoms with Gasteiger partial charge >= 0.3 is 0 Å². The molecule has 0 spiro atoms. The molecule has 9 heteroatoms. The van der Waals surface area contributed by atoms with Gasteiger partial charge in [-0.1, -0.05) is 23.8 Å². The number of ether oxygens (including phenoxy) is 3. The molecule has 3 aromatic carbocycles. The molecule has 2 aromatic heterocycles. The summed E-state index contributed by atoms with van der Waals surface area (Å²) in [5, 5.41) is 3.73. The van der Waals surface area contributed by atoms with Crippen LogP contribution in [0.15, 0.2) is 71.8 Å². The first-order chi connectivity index (χ1) is 18.0. The molecule has 0 bridgehead atoms. The number of carbonyl (C=O) groups is 1. The zero-order valence-corrected chi connectivity index (χ0v) is 20.4. The lowest BCUT2D eigenvalue weighted by Crippen LogP contribution is -2.25. The maximum Gasteiger partial charge on any atom is 0.278 e. The fraction of sp³-hybridized carbons (Fsp3) is 0.179. The van der Waals surface area contributed by atoms with Crippen molar-refractivity contribution in [1.29, 1.82) is 0 Å². The molecule has 0 radical (unpaired) electrons. The summed E-state index contributed by atoms with van der Waals surface area (Å²) in [5.41, 5.74) is 4.08. The smallest absolute Gasteiger partial charge is 0.278 e. The van der Waals surface area contributed by atoms with Crippen molar-refractivity contribution in [2.24, 2.45) is 0 Å². The van der Waals surface area contributed by atoms with Crippen molar-refractivity contribution >= 4 is 33.5 Å². The highest BCUT2D eigenvalue weighted by molar-refractivity contribution is 6.06. The lowest BCUT2D eigenvalue weighted by atomic mass is 10.1. The lowest BCUT2D eigenvalue weighted by Gasteiger charge is -2.10. The topological polar surface area (TPSA) is 96.6 Å². The van der Waals surface area contributed by atoms with Gasteiger partial charge in [-0.15, -0.1) is 0 Å². The van der Waals surface area contributed by atoms with Crippen molar-refractivity contribution in [3.8, 4) is 17.2 Å². The van der Waals surface area contributed by atoms with Crippen LogP contribution in [0.5, 0.6) is 17.2 Å². The molecule has 186 valence electrons. The highest BCUT2D eigenvalue weighted by atomic mass is 16.7. The Kier molecular flexibility index (Phi) is 5.52. The van der Waals surface area contributed by atoms with Gasteiger partial charge in [-0.2, -0.15) is 0 Å². The Bertz CT molecular complexity index is 1720. The maximum atomic E-state index is 13.7. The zero-order chi connectivity index (χ0) is 25.5. The molecular weight excluding hydrogens is 472 g/mol. The number of nitrogens with zero attached hydrogens (tertiary/aromatic N) is 3. The quantitative estimate of drug-likeness (QED) is 0.381. The molecule has 0 saturated heterocycles. The van der Waals surface area contributed by atoms with Crippen molar-refractivity contribution in [2.75, 3.05) is 19.2 Å². The molecule has 37 heavy (non-hydrogen) atoms. The van der Waals surface area contributed by atoms with Crippen LogP contribution in [0.1, 0.15) is 11.1 Å². The number of methoxy groups -OCH3 is 1. The fourth-order valence-electron chi connectivity index (χ4n) is 4.64. The highest BCUT2D eigenvalue weighted by Crippen LogP contribution is 2.34. The number of carbonyl (C=O) groups excluding carboxylic acids is 1. The van der Waals surface area contributed by atoms with E-state index in [1.807, 2.05) is 49.4 Å². The first-order valence-corrected chi connectivity index (χ1v) is 11.8. The molecule has 0 aliphatic carbocycles. The van der Waals surface area contributed by atoms with Crippen molar-refractivity contribution < 1.29 is 19.0 Å². The summed E-state index contributed by atoms with van der Waals surface area (Å²) in [6, 6.07) is 18.6. The summed E-state index contributed by atoms with van der Waals surface area (Å²) >= 11 is 0. The predicted molar refractivity (Wildman–Crippen MR) is 140 cm³/mol. The van der Waals surface area contributed by atoms with E-state index in [9.17, 15) is 9.59 Å². The summed E-state index contributed by atoms with van der Waals surface area (Å²) in [6.45, 7) is 2.43. The standard InChI is InChI=1S/C28H24N4O5/c1-17-3-9-22-21(11-17)26-27(28(34)31(15-29-26)13-18-4-7-20(35-2)8-5-18)32(22)14-25(33)30-19-6-10-23-24(12-19)37-16-36-23/h3-12,15H,13-14,16H2,1-2H3,(H,30,33). The lowest BCUT2D eigenvalue weighted by molar-refractivity contribution is -0.116. The average Bonchev–Trinajstić information content (AvgIpc) is 3.48. The number of rotatable bonds is 6. The summed E-state index contributed by atoms with van der Waals surface area (Å²) < 4.78 is 19.3. The second kappa shape index (κ2) is 9.02. The van der Waals surface area contributed by atoms with Crippen LogP contribution < -0.4 is 25.1 Å². The Labute approximate surface area is 211 Å². The van der Waals surface area contributed by atoms with Crippen LogP contribution in [0.2, 0.25) is 0 Å². The SMILES string of the molecule is COc1ccc(Cn2cnc3c4cc(C)ccc4n(CC(=O)Nc4ccc5c(c4)OCO5)c3c2=O)cc1. The first-order valence-electron chi connectivity index (χ1n) is 11.8. The minimum absolute atomic E-state index is 0.0546. The summed E-state index contributed by atoms with van der Waals surface area (Å²) in [5.74, 6) is 1.69. The van der Waals surface area contributed by atoms with Crippen LogP contribution in [0.25, 0.3) is 21.9 Å². The Balaban J connectivity index is 1.38. The number of hydrogen-bond donors (Lipinski definition) is 1. The number of nitrogens with one attached hydrogen (secondary N) is 1. The van der Waals surface area contributed by atoms with Gasteiger partial charge in [0.2, 0.25) is 12.7 Å². The van der Waals surface area contributed by atoms with Gasteiger partial charge in [-0.05, 0) is 48.9 Å². The molecule has 0 saturated carbocycles. The molecule has 1 aliphatic rings. The Hall–Kier alpha value is -4.79. The molecule has 1 amide bonds. The first kappa shape index (κ1) is 22.7. The van der Waals surface area contributed by atoms with Gasteiger partial charge in [0.15, 0.2) is 11.5 Å². The zero-order valence-electron chi connectivity index (χ0n) is 20.4. The molecule has 1 N–H and O–H groups in total. The van der Waals surface area contributed by atoms with E-state index in [2.05, 4.69) is 10.3 Å². The van der Waals surface area contributed by atoms with E-state index in [4.69, 9.17) is 14.2 Å². The van der Waals surface area contributed by atoms with E-state index in [1.54, 1.807) is 40.8 Å². The second-order valence-corrected chi connectivity index (χ2v) is 8.95. The van der Waals surface area contributed by atoms with Crippen molar-refractivity contribution in [1.82, 2.24) is 14.1 Å². The number of amides is 1. The molecular formula is C28H24N4O5. The van der Waals surface area contributed by atoms with Crippen molar-refractivity contribution in [3.05, 3.63) is 88.5 Å². The third-order valence-corrected chi connectivity index (χ3v) is 6.45. The molecule has 3 heterocycles. The van der Waals surface area contributed by atoms with Crippen LogP contribution in [0, 0.1) is 6.92 Å². The van der Waals surface area contributed by atoms with Gasteiger partial charge in [-0.3, -0.25) is 14.2 Å². The monoisotopic (exact) mass is 496 g/mol. The predicted octanol–water partition coefficient (Wildman–Crippen LogP) is 4.08. The molecule has 0 unspecified atom stereocenters. The Morgan fingerprint density at radius 2 is 1.86 bits per heavy atom. The Morgan fingerprint density at radius 1 is 1.05 bits per heavy atom. The minimum atomic E-state index is -0.275. The van der Waals surface area contributed by atoms with Crippen molar-refractivity contribution in [2.45, 2.75) is 20.0 Å². The van der Waals surface area contributed by atoms with Gasteiger partial charge in [0, 0.05) is 17.1 Å². The van der Waals surface area contributed by atoms with Crippen molar-refractivity contribution in [3.63, 3.8) is 0 Å². The minimum Gasteiger partial charge on any atom is -0.497 e. The molecule has 0 atom stereocenters. The average molecular weight is 497 g/mol. The second-order valence-electron chi connectivity index (χ2n) is 8.95. The van der Waals surface area contributed by atoms with E-state index < -0.39 is 0 Å². The van der Waals surface area contributed by atoms with Gasteiger partial charge < -0.3 is 24.1 Å². The van der Waals surface area contributed by atoms with Gasteiger partial charge in [0.1, 0.15) is 23.3 Å². The van der Waals surface area contributed by atoms with Crippen LogP contribution in [-0.4, -0.2) is 33.9 Å². The number of aryl methyl sites for hydroxylation is 1. The number of anilines is 1. The summed E-state index contributed by atoms with van der Waals surface area (Å²) in [4.78, 5) is 31.5. The third-order valence-electron chi connectivity index (χ3n) is 6.45. The van der Waals surface area contributed by atoms with E-state index in [0.29, 0.717) is 34.8 Å². The largest absolute Gasteiger partial charge is 0.497 e. The molecule has 0 fully saturated rings. The maximum absolute atomic E-state index is 13.7. The van der Waals surface area contributed by atoms with Crippen LogP contribution in [0.3, 0.4) is 0 Å².